The molecule has 0 spiro atoms. The van der Waals surface area contributed by atoms with Gasteiger partial charge in [0.05, 0.1) is 12.6 Å². The molecule has 0 saturated carbocycles. The van der Waals surface area contributed by atoms with Gasteiger partial charge in [0.25, 0.3) is 0 Å². The molecule has 0 aromatic heterocycles. The molecule has 102 valence electrons. The Morgan fingerprint density at radius 2 is 1.78 bits per heavy atom. The van der Waals surface area contributed by atoms with Gasteiger partial charge in [-0.25, -0.2) is 0 Å². The van der Waals surface area contributed by atoms with E-state index in [1.807, 2.05) is 7.05 Å². The molecule has 0 heterocycles. The fourth-order valence-electron chi connectivity index (χ4n) is 1.72. The van der Waals surface area contributed by atoms with Crippen LogP contribution >= 0.6 is 0 Å². The number of aryl methyl sites for hydroxylation is 1. The number of rotatable bonds is 6. The Morgan fingerprint density at radius 3 is 2.28 bits per heavy atom. The average molecular weight is 249 g/mol. The maximum atomic E-state index is 5.78. The van der Waals surface area contributed by atoms with Crippen LogP contribution in [0.25, 0.3) is 0 Å². The van der Waals surface area contributed by atoms with Crippen LogP contribution in [-0.4, -0.2) is 20.3 Å². The third-order valence-corrected chi connectivity index (χ3v) is 3.11. The summed E-state index contributed by atoms with van der Waals surface area (Å²) < 4.78 is 5.78. The molecule has 0 bridgehead atoms. The van der Waals surface area contributed by atoms with Gasteiger partial charge in [0.2, 0.25) is 0 Å². The summed E-state index contributed by atoms with van der Waals surface area (Å²) in [6.07, 6.45) is 1.09. The van der Waals surface area contributed by atoms with Gasteiger partial charge in [-0.1, -0.05) is 50.6 Å². The molecule has 0 saturated heterocycles. The summed E-state index contributed by atoms with van der Waals surface area (Å²) in [7, 11) is 1.98. The number of likely N-dealkylation sites (N-methyl/N-ethyl adjacent to an activating group) is 1. The number of benzene rings is 1. The predicted molar refractivity (Wildman–Crippen MR) is 77.9 cm³/mol. The third-order valence-electron chi connectivity index (χ3n) is 3.11. The molecule has 1 N–H and O–H groups in total. The Balaban J connectivity index is 2.40. The first kappa shape index (κ1) is 15.2. The zero-order valence-corrected chi connectivity index (χ0v) is 12.4. The van der Waals surface area contributed by atoms with Crippen molar-refractivity contribution in [2.45, 2.75) is 40.2 Å². The Morgan fingerprint density at radius 1 is 1.17 bits per heavy atom. The Hall–Kier alpha value is -0.860. The van der Waals surface area contributed by atoms with Crippen molar-refractivity contribution >= 4 is 0 Å². The van der Waals surface area contributed by atoms with Gasteiger partial charge in [-0.05, 0) is 31.4 Å². The number of hydrogen-bond donors (Lipinski definition) is 1. The fraction of sp³-hybridized carbons (Fsp3) is 0.625. The van der Waals surface area contributed by atoms with Gasteiger partial charge < -0.3 is 10.1 Å². The lowest BCUT2D eigenvalue weighted by Crippen LogP contribution is -2.22. The highest BCUT2D eigenvalue weighted by Gasteiger charge is 2.12. The maximum Gasteiger partial charge on any atom is 0.0661 e. The summed E-state index contributed by atoms with van der Waals surface area (Å²) in [6.45, 7) is 10.4. The molecular weight excluding hydrogens is 222 g/mol. The molecule has 2 heteroatoms. The van der Waals surface area contributed by atoms with Crippen LogP contribution in [0.2, 0.25) is 0 Å². The SMILES string of the molecule is CNC(COCCC(C)(C)C)c1ccc(C)cc1. The monoisotopic (exact) mass is 249 g/mol. The van der Waals surface area contributed by atoms with Crippen molar-refractivity contribution in [2.24, 2.45) is 5.41 Å². The lowest BCUT2D eigenvalue weighted by molar-refractivity contribution is 0.0914. The summed E-state index contributed by atoms with van der Waals surface area (Å²) in [5.41, 5.74) is 2.93. The molecular formula is C16H27NO. The highest BCUT2D eigenvalue weighted by molar-refractivity contribution is 5.24. The number of ether oxygens (including phenoxy) is 1. The van der Waals surface area contributed by atoms with Crippen molar-refractivity contribution in [3.8, 4) is 0 Å². The van der Waals surface area contributed by atoms with Crippen molar-refractivity contribution in [1.82, 2.24) is 5.32 Å². The van der Waals surface area contributed by atoms with Crippen molar-refractivity contribution in [3.05, 3.63) is 35.4 Å². The van der Waals surface area contributed by atoms with Crippen molar-refractivity contribution < 1.29 is 4.74 Å². The molecule has 2 nitrogen and oxygen atoms in total. The minimum Gasteiger partial charge on any atom is -0.379 e. The molecule has 0 radical (unpaired) electrons. The normalized spacial score (nSPS) is 13.6. The maximum absolute atomic E-state index is 5.78. The van der Waals surface area contributed by atoms with Crippen LogP contribution < -0.4 is 5.32 Å². The predicted octanol–water partition coefficient (Wildman–Crippen LogP) is 3.71. The van der Waals surface area contributed by atoms with Crippen molar-refractivity contribution in [2.75, 3.05) is 20.3 Å². The zero-order valence-electron chi connectivity index (χ0n) is 12.4. The van der Waals surface area contributed by atoms with Crippen molar-refractivity contribution in [3.63, 3.8) is 0 Å². The number of nitrogens with one attached hydrogen (secondary N) is 1. The summed E-state index contributed by atoms with van der Waals surface area (Å²) in [6, 6.07) is 8.92. The first-order chi connectivity index (χ1) is 8.42. The topological polar surface area (TPSA) is 21.3 Å². The molecule has 1 rings (SSSR count). The molecule has 1 atom stereocenters. The van der Waals surface area contributed by atoms with E-state index in [0.29, 0.717) is 5.41 Å². The lowest BCUT2D eigenvalue weighted by Gasteiger charge is -2.20. The summed E-state index contributed by atoms with van der Waals surface area (Å²) >= 11 is 0. The van der Waals surface area contributed by atoms with E-state index in [9.17, 15) is 0 Å². The van der Waals surface area contributed by atoms with E-state index in [-0.39, 0.29) is 6.04 Å². The highest BCUT2D eigenvalue weighted by atomic mass is 16.5. The molecule has 0 aliphatic heterocycles. The van der Waals surface area contributed by atoms with Crippen LogP contribution in [0.1, 0.15) is 44.4 Å². The Bertz CT molecular complexity index is 337. The standard InChI is InChI=1S/C16H27NO/c1-13-6-8-14(9-7-13)15(17-5)12-18-11-10-16(2,3)4/h6-9,15,17H,10-12H2,1-5H3. The van der Waals surface area contributed by atoms with E-state index in [4.69, 9.17) is 4.74 Å². The van der Waals surface area contributed by atoms with E-state index in [0.717, 1.165) is 19.6 Å². The van der Waals surface area contributed by atoms with E-state index >= 15 is 0 Å². The minimum atomic E-state index is 0.283. The largest absolute Gasteiger partial charge is 0.379 e. The summed E-state index contributed by atoms with van der Waals surface area (Å²) in [5, 5.41) is 3.31. The molecule has 18 heavy (non-hydrogen) atoms. The highest BCUT2D eigenvalue weighted by Crippen LogP contribution is 2.19. The third kappa shape index (κ3) is 5.65. The van der Waals surface area contributed by atoms with Gasteiger partial charge in [0.15, 0.2) is 0 Å². The molecule has 0 aliphatic rings. The van der Waals surface area contributed by atoms with Gasteiger partial charge in [-0.3, -0.25) is 0 Å². The molecule has 0 amide bonds. The molecule has 1 aromatic carbocycles. The van der Waals surface area contributed by atoms with E-state index < -0.39 is 0 Å². The van der Waals surface area contributed by atoms with Crippen LogP contribution in [0.5, 0.6) is 0 Å². The minimum absolute atomic E-state index is 0.283. The molecule has 0 fully saturated rings. The van der Waals surface area contributed by atoms with Crippen LogP contribution in [-0.2, 0) is 4.74 Å². The second kappa shape index (κ2) is 6.91. The summed E-state index contributed by atoms with van der Waals surface area (Å²) in [4.78, 5) is 0. The molecule has 1 unspecified atom stereocenters. The lowest BCUT2D eigenvalue weighted by atomic mass is 9.93. The molecule has 0 aliphatic carbocycles. The quantitative estimate of drug-likeness (QED) is 0.776. The van der Waals surface area contributed by atoms with Crippen LogP contribution in [0, 0.1) is 12.3 Å². The van der Waals surface area contributed by atoms with E-state index in [1.165, 1.54) is 11.1 Å². The smallest absolute Gasteiger partial charge is 0.0661 e. The average Bonchev–Trinajstić information content (AvgIpc) is 2.29. The number of hydrogen-bond acceptors (Lipinski definition) is 2. The van der Waals surface area contributed by atoms with Gasteiger partial charge in [0, 0.05) is 6.61 Å². The van der Waals surface area contributed by atoms with E-state index in [1.54, 1.807) is 0 Å². The van der Waals surface area contributed by atoms with Gasteiger partial charge in [-0.15, -0.1) is 0 Å². The van der Waals surface area contributed by atoms with Crippen molar-refractivity contribution in [1.29, 1.82) is 0 Å². The first-order valence-corrected chi connectivity index (χ1v) is 6.74. The van der Waals surface area contributed by atoms with Crippen LogP contribution in [0.3, 0.4) is 0 Å². The fourth-order valence-corrected chi connectivity index (χ4v) is 1.72. The Kier molecular flexibility index (Phi) is 5.83. The second-order valence-electron chi connectivity index (χ2n) is 6.14. The van der Waals surface area contributed by atoms with Crippen LogP contribution in [0.4, 0.5) is 0 Å². The van der Waals surface area contributed by atoms with Crippen LogP contribution in [0.15, 0.2) is 24.3 Å². The molecule has 1 aromatic rings. The zero-order chi connectivity index (χ0) is 13.6. The Labute approximate surface area is 112 Å². The van der Waals surface area contributed by atoms with Gasteiger partial charge >= 0.3 is 0 Å². The van der Waals surface area contributed by atoms with E-state index in [2.05, 4.69) is 57.3 Å². The summed E-state index contributed by atoms with van der Waals surface area (Å²) in [5.74, 6) is 0. The second-order valence-corrected chi connectivity index (χ2v) is 6.14. The van der Waals surface area contributed by atoms with Gasteiger partial charge in [0.1, 0.15) is 0 Å². The van der Waals surface area contributed by atoms with Gasteiger partial charge in [-0.2, -0.15) is 0 Å². The first-order valence-electron chi connectivity index (χ1n) is 6.74.